The third kappa shape index (κ3) is 3.20. The van der Waals surface area contributed by atoms with Crippen molar-refractivity contribution < 1.29 is 14.6 Å². The number of aromatic nitrogens is 2. The summed E-state index contributed by atoms with van der Waals surface area (Å²) in [6.45, 7) is 0. The Kier molecular flexibility index (Phi) is 4.07. The molecule has 0 amide bonds. The molecule has 0 atom stereocenters. The summed E-state index contributed by atoms with van der Waals surface area (Å²) in [4.78, 5) is 32.1. The van der Waals surface area contributed by atoms with E-state index in [9.17, 15) is 25.0 Å². The third-order valence-electron chi connectivity index (χ3n) is 2.77. The van der Waals surface area contributed by atoms with Crippen molar-refractivity contribution in [1.29, 1.82) is 0 Å². The van der Waals surface area contributed by atoms with Crippen LogP contribution < -0.4 is 0 Å². The number of nitro benzene ring substituents is 1. The van der Waals surface area contributed by atoms with E-state index >= 15 is 0 Å². The highest BCUT2D eigenvalue weighted by atomic mass is 16.6. The fourth-order valence-electron chi connectivity index (χ4n) is 1.74. The maximum Gasteiger partial charge on any atom is 0.318 e. The molecule has 0 aliphatic carbocycles. The molecule has 1 heterocycles. The van der Waals surface area contributed by atoms with Gasteiger partial charge in [-0.15, -0.1) is 0 Å². The van der Waals surface area contributed by atoms with Gasteiger partial charge in [-0.2, -0.15) is 5.10 Å². The lowest BCUT2D eigenvalue weighted by atomic mass is 10.1. The molecule has 22 heavy (non-hydrogen) atoms. The lowest BCUT2D eigenvalue weighted by Gasteiger charge is -1.94. The van der Waals surface area contributed by atoms with E-state index in [0.717, 1.165) is 12.3 Å². The highest BCUT2D eigenvalue weighted by Gasteiger charge is 2.22. The zero-order chi connectivity index (χ0) is 16.3. The van der Waals surface area contributed by atoms with Crippen molar-refractivity contribution in [2.24, 2.45) is 7.05 Å². The summed E-state index contributed by atoms with van der Waals surface area (Å²) in [7, 11) is 1.48. The molecular weight excluding hydrogens is 292 g/mol. The SMILES string of the molecule is Cn1cc([N+](=O)[O-])c(C(=O)/C=C/c2ccc([N+](=O)[O-])cc2)n1. The van der Waals surface area contributed by atoms with Gasteiger partial charge in [-0.25, -0.2) is 0 Å². The summed E-state index contributed by atoms with van der Waals surface area (Å²) in [6.07, 6.45) is 3.69. The van der Waals surface area contributed by atoms with Gasteiger partial charge in [0.25, 0.3) is 5.69 Å². The maximum atomic E-state index is 12.0. The van der Waals surface area contributed by atoms with Crippen LogP contribution in [0.3, 0.4) is 0 Å². The minimum absolute atomic E-state index is 0.0659. The number of benzene rings is 1. The van der Waals surface area contributed by atoms with Crippen LogP contribution in [0.2, 0.25) is 0 Å². The highest BCUT2D eigenvalue weighted by molar-refractivity contribution is 6.07. The number of hydrogen-bond donors (Lipinski definition) is 0. The number of carbonyl (C=O) groups excluding carboxylic acids is 1. The highest BCUT2D eigenvalue weighted by Crippen LogP contribution is 2.18. The van der Waals surface area contributed by atoms with Crippen molar-refractivity contribution in [2.45, 2.75) is 0 Å². The molecule has 0 saturated heterocycles. The van der Waals surface area contributed by atoms with E-state index < -0.39 is 15.6 Å². The molecule has 2 rings (SSSR count). The first-order valence-corrected chi connectivity index (χ1v) is 6.03. The molecule has 0 bridgehead atoms. The average Bonchev–Trinajstić information content (AvgIpc) is 2.87. The molecule has 1 aromatic heterocycles. The Morgan fingerprint density at radius 1 is 1.18 bits per heavy atom. The van der Waals surface area contributed by atoms with Gasteiger partial charge < -0.3 is 0 Å². The van der Waals surface area contributed by atoms with Crippen LogP contribution in [0.5, 0.6) is 0 Å². The second kappa shape index (κ2) is 5.95. The van der Waals surface area contributed by atoms with Gasteiger partial charge in [0.15, 0.2) is 0 Å². The number of allylic oxidation sites excluding steroid dienone is 1. The second-order valence-corrected chi connectivity index (χ2v) is 4.34. The normalized spacial score (nSPS) is 10.8. The van der Waals surface area contributed by atoms with Crippen molar-refractivity contribution in [3.63, 3.8) is 0 Å². The molecule has 2 aromatic rings. The second-order valence-electron chi connectivity index (χ2n) is 4.34. The van der Waals surface area contributed by atoms with Gasteiger partial charge in [-0.05, 0) is 23.8 Å². The van der Waals surface area contributed by atoms with Crippen LogP contribution in [-0.4, -0.2) is 25.4 Å². The lowest BCUT2D eigenvalue weighted by molar-refractivity contribution is -0.385. The Hall–Kier alpha value is -3.36. The quantitative estimate of drug-likeness (QED) is 0.361. The molecule has 1 aromatic carbocycles. The van der Waals surface area contributed by atoms with Crippen LogP contribution in [-0.2, 0) is 7.05 Å². The van der Waals surface area contributed by atoms with Gasteiger partial charge in [0, 0.05) is 19.2 Å². The Morgan fingerprint density at radius 3 is 2.36 bits per heavy atom. The zero-order valence-corrected chi connectivity index (χ0v) is 11.4. The Balaban J connectivity index is 2.21. The average molecular weight is 302 g/mol. The van der Waals surface area contributed by atoms with E-state index in [4.69, 9.17) is 0 Å². The summed E-state index contributed by atoms with van der Waals surface area (Å²) < 4.78 is 1.19. The number of nitro groups is 2. The molecule has 0 saturated carbocycles. The Labute approximate surface area is 123 Å². The van der Waals surface area contributed by atoms with E-state index in [2.05, 4.69) is 5.10 Å². The fraction of sp³-hybridized carbons (Fsp3) is 0.0769. The largest absolute Gasteiger partial charge is 0.318 e. The molecule has 0 N–H and O–H groups in total. The number of nitrogens with zero attached hydrogens (tertiary/aromatic N) is 4. The van der Waals surface area contributed by atoms with Crippen LogP contribution in [0, 0.1) is 20.2 Å². The molecule has 9 heteroatoms. The van der Waals surface area contributed by atoms with Crippen molar-refractivity contribution in [3.05, 3.63) is 68.0 Å². The standard InChI is InChI=1S/C13H10N4O5/c1-15-8-11(17(21)22)13(14-15)12(18)7-4-9-2-5-10(6-3-9)16(19)20/h2-8H,1H3/b7-4+. The Morgan fingerprint density at radius 2 is 1.82 bits per heavy atom. The minimum Gasteiger partial charge on any atom is -0.287 e. The van der Waals surface area contributed by atoms with Crippen LogP contribution in [0.1, 0.15) is 16.1 Å². The first-order valence-electron chi connectivity index (χ1n) is 6.03. The van der Waals surface area contributed by atoms with Gasteiger partial charge in [0.2, 0.25) is 11.5 Å². The summed E-state index contributed by atoms with van der Waals surface area (Å²) >= 11 is 0. The number of carbonyl (C=O) groups is 1. The molecule has 0 aliphatic heterocycles. The molecule has 112 valence electrons. The molecule has 0 fully saturated rings. The molecular formula is C13H10N4O5. The van der Waals surface area contributed by atoms with E-state index in [1.165, 1.54) is 42.1 Å². The number of ketones is 1. The van der Waals surface area contributed by atoms with E-state index in [1.54, 1.807) is 0 Å². The first-order chi connectivity index (χ1) is 10.4. The van der Waals surface area contributed by atoms with Gasteiger partial charge in [0.1, 0.15) is 6.20 Å². The first kappa shape index (κ1) is 15.0. The van der Waals surface area contributed by atoms with Gasteiger partial charge >= 0.3 is 5.69 Å². The summed E-state index contributed by atoms with van der Waals surface area (Å²) in [6, 6.07) is 5.53. The maximum absolute atomic E-state index is 12.0. The van der Waals surface area contributed by atoms with Crippen molar-refractivity contribution in [3.8, 4) is 0 Å². The van der Waals surface area contributed by atoms with Crippen molar-refractivity contribution in [2.75, 3.05) is 0 Å². The van der Waals surface area contributed by atoms with E-state index in [0.29, 0.717) is 5.56 Å². The van der Waals surface area contributed by atoms with E-state index in [1.807, 2.05) is 0 Å². The predicted molar refractivity (Wildman–Crippen MR) is 76.3 cm³/mol. The summed E-state index contributed by atoms with van der Waals surface area (Å²) in [5.41, 5.74) is -0.145. The zero-order valence-electron chi connectivity index (χ0n) is 11.4. The van der Waals surface area contributed by atoms with Gasteiger partial charge in [0.05, 0.1) is 9.85 Å². The van der Waals surface area contributed by atoms with Gasteiger partial charge in [-0.3, -0.25) is 29.7 Å². The molecule has 0 aliphatic rings. The van der Waals surface area contributed by atoms with Crippen LogP contribution in [0.15, 0.2) is 36.5 Å². The van der Waals surface area contributed by atoms with E-state index in [-0.39, 0.29) is 17.1 Å². The van der Waals surface area contributed by atoms with Crippen LogP contribution in [0.4, 0.5) is 11.4 Å². The number of rotatable bonds is 5. The third-order valence-corrected chi connectivity index (χ3v) is 2.77. The Bertz CT molecular complexity index is 776. The molecule has 0 unspecified atom stereocenters. The number of hydrogen-bond acceptors (Lipinski definition) is 6. The topological polar surface area (TPSA) is 121 Å². The molecule has 9 nitrogen and oxygen atoms in total. The van der Waals surface area contributed by atoms with Crippen LogP contribution in [0.25, 0.3) is 6.08 Å². The number of aryl methyl sites for hydroxylation is 1. The van der Waals surface area contributed by atoms with Crippen molar-refractivity contribution >= 4 is 23.2 Å². The molecule has 0 spiro atoms. The summed E-state index contributed by atoms with van der Waals surface area (Å²) in [5, 5.41) is 25.1. The molecule has 0 radical (unpaired) electrons. The smallest absolute Gasteiger partial charge is 0.287 e. The minimum atomic E-state index is -0.681. The van der Waals surface area contributed by atoms with Crippen LogP contribution >= 0.6 is 0 Å². The van der Waals surface area contributed by atoms with Crippen molar-refractivity contribution in [1.82, 2.24) is 9.78 Å². The fourth-order valence-corrected chi connectivity index (χ4v) is 1.74. The summed E-state index contributed by atoms with van der Waals surface area (Å²) in [5.74, 6) is -0.620. The number of non-ortho nitro benzene ring substituents is 1. The monoisotopic (exact) mass is 302 g/mol. The van der Waals surface area contributed by atoms with Gasteiger partial charge in [-0.1, -0.05) is 6.08 Å². The lowest BCUT2D eigenvalue weighted by Crippen LogP contribution is -2.01. The predicted octanol–water partition coefficient (Wildman–Crippen LogP) is 2.13.